The van der Waals surface area contributed by atoms with Crippen LogP contribution in [0.2, 0.25) is 0 Å². The summed E-state index contributed by atoms with van der Waals surface area (Å²) in [6.45, 7) is 4.02. The lowest BCUT2D eigenvalue weighted by Gasteiger charge is -2.23. The first-order chi connectivity index (χ1) is 8.74. The number of nitrogens with two attached hydrogens (primary N) is 1. The highest BCUT2D eigenvalue weighted by atomic mass is 32.1. The summed E-state index contributed by atoms with van der Waals surface area (Å²) in [5.41, 5.74) is 7.65. The third-order valence-electron chi connectivity index (χ3n) is 2.89. The number of rotatable bonds is 5. The van der Waals surface area contributed by atoms with E-state index in [4.69, 9.17) is 10.5 Å². The molecular formula is C14H18N2OS. The fourth-order valence-electron chi connectivity index (χ4n) is 1.87. The molecule has 18 heavy (non-hydrogen) atoms. The van der Waals surface area contributed by atoms with Gasteiger partial charge in [0.05, 0.1) is 19.3 Å². The molecule has 0 aliphatic heterocycles. The van der Waals surface area contributed by atoms with Crippen molar-refractivity contribution >= 4 is 22.7 Å². The van der Waals surface area contributed by atoms with Gasteiger partial charge in [-0.25, -0.2) is 0 Å². The Kier molecular flexibility index (Phi) is 4.10. The summed E-state index contributed by atoms with van der Waals surface area (Å²) in [5, 5.41) is 2.10. The topological polar surface area (TPSA) is 38.5 Å². The van der Waals surface area contributed by atoms with E-state index < -0.39 is 0 Å². The zero-order chi connectivity index (χ0) is 13.0. The van der Waals surface area contributed by atoms with Crippen LogP contribution in [0.4, 0.5) is 11.4 Å². The molecule has 2 aromatic rings. The maximum Gasteiger partial charge on any atom is 0.143 e. The van der Waals surface area contributed by atoms with E-state index in [9.17, 15) is 0 Å². The van der Waals surface area contributed by atoms with E-state index in [0.29, 0.717) is 5.69 Å². The van der Waals surface area contributed by atoms with Crippen LogP contribution in [-0.4, -0.2) is 13.7 Å². The molecule has 4 heteroatoms. The molecule has 0 fully saturated rings. The summed E-state index contributed by atoms with van der Waals surface area (Å²) >= 11 is 1.78. The van der Waals surface area contributed by atoms with E-state index in [0.717, 1.165) is 24.5 Å². The van der Waals surface area contributed by atoms with Crippen LogP contribution in [0.25, 0.3) is 0 Å². The molecule has 0 aliphatic rings. The number of nitrogens with zero attached hydrogens (tertiary/aromatic N) is 1. The number of hydrogen-bond acceptors (Lipinski definition) is 4. The van der Waals surface area contributed by atoms with Gasteiger partial charge in [-0.15, -0.1) is 11.3 Å². The zero-order valence-corrected chi connectivity index (χ0v) is 11.5. The number of benzene rings is 1. The first kappa shape index (κ1) is 12.8. The van der Waals surface area contributed by atoms with E-state index >= 15 is 0 Å². The number of anilines is 2. The van der Waals surface area contributed by atoms with Gasteiger partial charge in [0, 0.05) is 23.2 Å². The van der Waals surface area contributed by atoms with Gasteiger partial charge in [0.15, 0.2) is 0 Å². The van der Waals surface area contributed by atoms with E-state index in [-0.39, 0.29) is 0 Å². The maximum atomic E-state index is 5.84. The Morgan fingerprint density at radius 3 is 2.78 bits per heavy atom. The Morgan fingerprint density at radius 1 is 1.33 bits per heavy atom. The van der Waals surface area contributed by atoms with Gasteiger partial charge in [-0.3, -0.25) is 0 Å². The maximum absolute atomic E-state index is 5.84. The van der Waals surface area contributed by atoms with E-state index in [1.807, 2.05) is 18.2 Å². The lowest BCUT2D eigenvalue weighted by molar-refractivity contribution is 0.417. The van der Waals surface area contributed by atoms with Crippen LogP contribution in [0.3, 0.4) is 0 Å². The Balaban J connectivity index is 2.21. The normalized spacial score (nSPS) is 10.3. The lowest BCUT2D eigenvalue weighted by atomic mass is 10.2. The number of nitrogen functional groups attached to an aromatic ring is 1. The SMILES string of the molecule is CCN(Cc1cccs1)c1ccc(N)c(OC)c1. The Hall–Kier alpha value is -1.68. The van der Waals surface area contributed by atoms with Crippen LogP contribution in [0.1, 0.15) is 11.8 Å². The fraction of sp³-hybridized carbons (Fsp3) is 0.286. The first-order valence-corrected chi connectivity index (χ1v) is 6.83. The van der Waals surface area contributed by atoms with Crippen LogP contribution >= 0.6 is 11.3 Å². The van der Waals surface area contributed by atoms with Gasteiger partial charge in [0.25, 0.3) is 0 Å². The quantitative estimate of drug-likeness (QED) is 0.840. The van der Waals surface area contributed by atoms with Crippen molar-refractivity contribution in [2.45, 2.75) is 13.5 Å². The predicted molar refractivity (Wildman–Crippen MR) is 78.4 cm³/mol. The van der Waals surface area contributed by atoms with Gasteiger partial charge in [-0.05, 0) is 30.5 Å². The third-order valence-corrected chi connectivity index (χ3v) is 3.75. The van der Waals surface area contributed by atoms with E-state index in [2.05, 4.69) is 29.3 Å². The van der Waals surface area contributed by atoms with Crippen LogP contribution in [0.15, 0.2) is 35.7 Å². The number of ether oxygens (including phenoxy) is 1. The molecule has 0 atom stereocenters. The largest absolute Gasteiger partial charge is 0.495 e. The second kappa shape index (κ2) is 5.78. The number of thiophene rings is 1. The van der Waals surface area contributed by atoms with Gasteiger partial charge in [-0.1, -0.05) is 6.07 Å². The minimum absolute atomic E-state index is 0.674. The molecule has 0 aliphatic carbocycles. The molecule has 2 N–H and O–H groups in total. The van der Waals surface area contributed by atoms with Gasteiger partial charge >= 0.3 is 0 Å². The summed E-state index contributed by atoms with van der Waals surface area (Å²) in [6, 6.07) is 10.2. The van der Waals surface area contributed by atoms with Crippen molar-refractivity contribution in [2.24, 2.45) is 0 Å². The molecule has 0 saturated carbocycles. The summed E-state index contributed by atoms with van der Waals surface area (Å²) in [6.07, 6.45) is 0. The molecular weight excluding hydrogens is 244 g/mol. The summed E-state index contributed by atoms with van der Waals surface area (Å²) < 4.78 is 5.27. The highest BCUT2D eigenvalue weighted by molar-refractivity contribution is 7.09. The Labute approximate surface area is 112 Å². The van der Waals surface area contributed by atoms with Crippen molar-refractivity contribution < 1.29 is 4.74 Å². The Bertz CT molecular complexity index is 497. The Morgan fingerprint density at radius 2 is 2.17 bits per heavy atom. The molecule has 0 saturated heterocycles. The molecule has 96 valence electrons. The van der Waals surface area contributed by atoms with E-state index in [1.165, 1.54) is 4.88 Å². The lowest BCUT2D eigenvalue weighted by Crippen LogP contribution is -2.21. The molecule has 0 unspecified atom stereocenters. The van der Waals surface area contributed by atoms with Crippen molar-refractivity contribution in [3.8, 4) is 5.75 Å². The van der Waals surface area contributed by atoms with Crippen molar-refractivity contribution in [1.82, 2.24) is 0 Å². The second-order valence-corrected chi connectivity index (χ2v) is 5.05. The highest BCUT2D eigenvalue weighted by Gasteiger charge is 2.08. The first-order valence-electron chi connectivity index (χ1n) is 5.95. The molecule has 0 bridgehead atoms. The number of methoxy groups -OCH3 is 1. The molecule has 0 spiro atoms. The zero-order valence-electron chi connectivity index (χ0n) is 10.7. The molecule has 1 heterocycles. The number of hydrogen-bond donors (Lipinski definition) is 1. The average Bonchev–Trinajstić information content (AvgIpc) is 2.89. The van der Waals surface area contributed by atoms with Crippen molar-refractivity contribution in [1.29, 1.82) is 0 Å². The minimum atomic E-state index is 0.674. The average molecular weight is 262 g/mol. The third kappa shape index (κ3) is 2.76. The molecule has 3 nitrogen and oxygen atoms in total. The summed E-state index contributed by atoms with van der Waals surface area (Å²) in [4.78, 5) is 3.65. The second-order valence-electron chi connectivity index (χ2n) is 4.02. The van der Waals surface area contributed by atoms with Gasteiger partial charge in [0.2, 0.25) is 0 Å². The van der Waals surface area contributed by atoms with Gasteiger partial charge < -0.3 is 15.4 Å². The van der Waals surface area contributed by atoms with Gasteiger partial charge in [-0.2, -0.15) is 0 Å². The van der Waals surface area contributed by atoms with Crippen LogP contribution in [0.5, 0.6) is 5.75 Å². The monoisotopic (exact) mass is 262 g/mol. The van der Waals surface area contributed by atoms with Crippen molar-refractivity contribution in [3.05, 3.63) is 40.6 Å². The van der Waals surface area contributed by atoms with Crippen LogP contribution in [-0.2, 0) is 6.54 Å². The smallest absolute Gasteiger partial charge is 0.143 e. The predicted octanol–water partition coefficient (Wildman–Crippen LogP) is 3.37. The van der Waals surface area contributed by atoms with Crippen molar-refractivity contribution in [3.63, 3.8) is 0 Å². The molecule has 1 aromatic heterocycles. The van der Waals surface area contributed by atoms with E-state index in [1.54, 1.807) is 18.4 Å². The van der Waals surface area contributed by atoms with Crippen LogP contribution in [0, 0.1) is 0 Å². The minimum Gasteiger partial charge on any atom is -0.495 e. The summed E-state index contributed by atoms with van der Waals surface area (Å²) in [7, 11) is 1.64. The highest BCUT2D eigenvalue weighted by Crippen LogP contribution is 2.28. The molecule has 1 aromatic carbocycles. The molecule has 0 amide bonds. The van der Waals surface area contributed by atoms with Gasteiger partial charge in [0.1, 0.15) is 5.75 Å². The van der Waals surface area contributed by atoms with Crippen molar-refractivity contribution in [2.75, 3.05) is 24.3 Å². The molecule has 0 radical (unpaired) electrons. The fourth-order valence-corrected chi connectivity index (χ4v) is 2.59. The van der Waals surface area contributed by atoms with Crippen LogP contribution < -0.4 is 15.4 Å². The molecule has 2 rings (SSSR count). The standard InChI is InChI=1S/C14H18N2OS/c1-3-16(10-12-5-4-8-18-12)11-6-7-13(15)14(9-11)17-2/h4-9H,3,10,15H2,1-2H3. The summed E-state index contributed by atoms with van der Waals surface area (Å²) in [5.74, 6) is 0.733.